The van der Waals surface area contributed by atoms with Crippen LogP contribution < -0.4 is 0 Å². The second-order valence-electron chi connectivity index (χ2n) is 7.20. The summed E-state index contributed by atoms with van der Waals surface area (Å²) >= 11 is 0. The average molecular weight is 382 g/mol. The number of aryl methyl sites for hydroxylation is 1. The van der Waals surface area contributed by atoms with Gasteiger partial charge in [0, 0.05) is 22.9 Å². The normalized spacial score (nSPS) is 14.4. The Balaban J connectivity index is 1.91. The van der Waals surface area contributed by atoms with Crippen molar-refractivity contribution in [3.63, 3.8) is 0 Å². The number of benzene rings is 1. The number of rotatable bonds is 7. The summed E-state index contributed by atoms with van der Waals surface area (Å²) in [6.07, 6.45) is 1.80. The minimum Gasteiger partial charge on any atom is -0.461 e. The SMILES string of the molecule is CCOC(=O)c1[nH]c(C)c(C(=O)C(C)N(C(=O)c2ccccc2)C2CC2)c1C. The smallest absolute Gasteiger partial charge is 0.355 e. The Morgan fingerprint density at radius 3 is 2.39 bits per heavy atom. The lowest BCUT2D eigenvalue weighted by Crippen LogP contribution is -2.45. The predicted octanol–water partition coefficient (Wildman–Crippen LogP) is 3.68. The second-order valence-corrected chi connectivity index (χ2v) is 7.20. The van der Waals surface area contributed by atoms with Crippen LogP contribution in [0, 0.1) is 13.8 Å². The molecule has 1 unspecified atom stereocenters. The Morgan fingerprint density at radius 2 is 1.82 bits per heavy atom. The number of aromatic amines is 1. The number of hydrogen-bond acceptors (Lipinski definition) is 4. The molecule has 1 aromatic heterocycles. The maximum absolute atomic E-state index is 13.3. The molecule has 0 aliphatic heterocycles. The molecule has 0 radical (unpaired) electrons. The number of nitrogens with one attached hydrogen (secondary N) is 1. The van der Waals surface area contributed by atoms with Crippen LogP contribution in [0.15, 0.2) is 30.3 Å². The van der Waals surface area contributed by atoms with E-state index in [0.717, 1.165) is 12.8 Å². The predicted molar refractivity (Wildman–Crippen MR) is 106 cm³/mol. The van der Waals surface area contributed by atoms with E-state index in [1.54, 1.807) is 44.7 Å². The largest absolute Gasteiger partial charge is 0.461 e. The minimum atomic E-state index is -0.622. The summed E-state index contributed by atoms with van der Waals surface area (Å²) in [4.78, 5) is 43.2. The van der Waals surface area contributed by atoms with Crippen molar-refractivity contribution in [3.05, 3.63) is 58.4 Å². The highest BCUT2D eigenvalue weighted by Crippen LogP contribution is 2.32. The van der Waals surface area contributed by atoms with Crippen LogP contribution in [0.1, 0.15) is 69.2 Å². The topological polar surface area (TPSA) is 79.5 Å². The van der Waals surface area contributed by atoms with Crippen LogP contribution in [0.4, 0.5) is 0 Å². The van der Waals surface area contributed by atoms with Gasteiger partial charge in [-0.3, -0.25) is 9.59 Å². The lowest BCUT2D eigenvalue weighted by atomic mass is 9.99. The van der Waals surface area contributed by atoms with Gasteiger partial charge >= 0.3 is 5.97 Å². The number of esters is 1. The molecule has 1 saturated carbocycles. The van der Waals surface area contributed by atoms with Crippen molar-refractivity contribution < 1.29 is 19.1 Å². The number of Topliss-reactive ketones (excluding diaryl/α,β-unsaturated/α-hetero) is 1. The molecular formula is C22H26N2O4. The van der Waals surface area contributed by atoms with Crippen molar-refractivity contribution in [1.29, 1.82) is 0 Å². The molecule has 1 aromatic carbocycles. The lowest BCUT2D eigenvalue weighted by molar-refractivity contribution is 0.0518. The number of aromatic nitrogens is 1. The molecule has 6 heteroatoms. The fraction of sp³-hybridized carbons (Fsp3) is 0.409. The molecule has 0 bridgehead atoms. The maximum Gasteiger partial charge on any atom is 0.355 e. The quantitative estimate of drug-likeness (QED) is 0.585. The summed E-state index contributed by atoms with van der Waals surface area (Å²) < 4.78 is 5.06. The van der Waals surface area contributed by atoms with Gasteiger partial charge in [0.15, 0.2) is 5.78 Å². The number of carbonyl (C=O) groups is 3. The summed E-state index contributed by atoms with van der Waals surface area (Å²) in [7, 11) is 0. The molecule has 28 heavy (non-hydrogen) atoms. The van der Waals surface area contributed by atoms with Gasteiger partial charge in [0.05, 0.1) is 12.6 Å². The molecule has 0 saturated heterocycles. The van der Waals surface area contributed by atoms with E-state index in [-0.39, 0.29) is 24.3 Å². The zero-order valence-corrected chi connectivity index (χ0v) is 16.7. The van der Waals surface area contributed by atoms with Crippen LogP contribution >= 0.6 is 0 Å². The highest BCUT2D eigenvalue weighted by atomic mass is 16.5. The Labute approximate surface area is 164 Å². The molecule has 1 fully saturated rings. The van der Waals surface area contributed by atoms with Crippen LogP contribution in [0.25, 0.3) is 0 Å². The standard InChI is InChI=1S/C22H26N2O4/c1-5-28-22(27)19-13(2)18(14(3)23-19)20(25)15(4)24(17-11-12-17)21(26)16-9-7-6-8-10-16/h6-10,15,17,23H,5,11-12H2,1-4H3. The molecule has 3 rings (SSSR count). The van der Waals surface area contributed by atoms with E-state index < -0.39 is 12.0 Å². The Morgan fingerprint density at radius 1 is 1.18 bits per heavy atom. The van der Waals surface area contributed by atoms with Crippen LogP contribution in [-0.4, -0.2) is 46.2 Å². The highest BCUT2D eigenvalue weighted by Gasteiger charge is 2.40. The fourth-order valence-electron chi connectivity index (χ4n) is 3.60. The molecule has 1 amide bonds. The molecule has 6 nitrogen and oxygen atoms in total. The van der Waals surface area contributed by atoms with Crippen LogP contribution in [-0.2, 0) is 4.74 Å². The summed E-state index contributed by atoms with van der Waals surface area (Å²) in [6.45, 7) is 7.25. The molecule has 148 valence electrons. The fourth-order valence-corrected chi connectivity index (χ4v) is 3.60. The van der Waals surface area contributed by atoms with Crippen LogP contribution in [0.5, 0.6) is 0 Å². The minimum absolute atomic E-state index is 0.0794. The van der Waals surface area contributed by atoms with Gasteiger partial charge in [0.25, 0.3) is 5.91 Å². The number of carbonyl (C=O) groups excluding carboxylic acids is 3. The molecule has 1 aliphatic carbocycles. The van der Waals surface area contributed by atoms with Crippen LogP contribution in [0.3, 0.4) is 0 Å². The van der Waals surface area contributed by atoms with Crippen molar-refractivity contribution in [2.24, 2.45) is 0 Å². The molecular weight excluding hydrogens is 356 g/mol. The zero-order chi connectivity index (χ0) is 20.4. The monoisotopic (exact) mass is 382 g/mol. The van der Waals surface area contributed by atoms with Gasteiger partial charge in [-0.25, -0.2) is 4.79 Å². The third kappa shape index (κ3) is 3.72. The third-order valence-corrected chi connectivity index (χ3v) is 5.16. The van der Waals surface area contributed by atoms with E-state index in [0.29, 0.717) is 28.1 Å². The van der Waals surface area contributed by atoms with Gasteiger partial charge in [-0.05, 0) is 58.2 Å². The first-order chi connectivity index (χ1) is 13.4. The first-order valence-corrected chi connectivity index (χ1v) is 9.65. The maximum atomic E-state index is 13.3. The first-order valence-electron chi connectivity index (χ1n) is 9.65. The lowest BCUT2D eigenvalue weighted by Gasteiger charge is -2.29. The number of H-pyrrole nitrogens is 1. The summed E-state index contributed by atoms with van der Waals surface area (Å²) in [5.41, 5.74) is 2.50. The molecule has 1 aliphatic rings. The summed E-state index contributed by atoms with van der Waals surface area (Å²) in [5, 5.41) is 0. The van der Waals surface area contributed by atoms with E-state index in [4.69, 9.17) is 4.74 Å². The number of amides is 1. The first kappa shape index (κ1) is 19.9. The van der Waals surface area contributed by atoms with Gasteiger partial charge in [0.1, 0.15) is 5.69 Å². The zero-order valence-electron chi connectivity index (χ0n) is 16.7. The van der Waals surface area contributed by atoms with Gasteiger partial charge in [-0.1, -0.05) is 18.2 Å². The van der Waals surface area contributed by atoms with E-state index in [1.807, 2.05) is 18.2 Å². The molecule has 1 atom stereocenters. The number of ketones is 1. The number of ether oxygens (including phenoxy) is 1. The second kappa shape index (κ2) is 8.00. The van der Waals surface area contributed by atoms with E-state index in [2.05, 4.69) is 4.98 Å². The highest BCUT2D eigenvalue weighted by molar-refractivity contribution is 6.07. The molecule has 1 N–H and O–H groups in total. The van der Waals surface area contributed by atoms with E-state index in [1.165, 1.54) is 0 Å². The van der Waals surface area contributed by atoms with Crippen molar-refractivity contribution in [3.8, 4) is 0 Å². The van der Waals surface area contributed by atoms with Crippen molar-refractivity contribution in [1.82, 2.24) is 9.88 Å². The average Bonchev–Trinajstić information content (AvgIpc) is 3.46. The molecule has 0 spiro atoms. The number of nitrogens with zero attached hydrogens (tertiary/aromatic N) is 1. The third-order valence-electron chi connectivity index (χ3n) is 5.16. The Kier molecular flexibility index (Phi) is 5.68. The molecule has 1 heterocycles. The van der Waals surface area contributed by atoms with Gasteiger partial charge in [0.2, 0.25) is 0 Å². The Bertz CT molecular complexity index is 897. The summed E-state index contributed by atoms with van der Waals surface area (Å²) in [5.74, 6) is -0.785. The van der Waals surface area contributed by atoms with Gasteiger partial charge in [-0.15, -0.1) is 0 Å². The van der Waals surface area contributed by atoms with Crippen molar-refractivity contribution in [2.75, 3.05) is 6.61 Å². The van der Waals surface area contributed by atoms with Crippen molar-refractivity contribution >= 4 is 17.7 Å². The van der Waals surface area contributed by atoms with Crippen molar-refractivity contribution in [2.45, 2.75) is 52.6 Å². The Hall–Kier alpha value is -2.89. The molecule has 2 aromatic rings. The summed E-state index contributed by atoms with van der Waals surface area (Å²) in [6, 6.07) is 8.48. The van der Waals surface area contributed by atoms with Gasteiger partial charge < -0.3 is 14.6 Å². The van der Waals surface area contributed by atoms with E-state index >= 15 is 0 Å². The van der Waals surface area contributed by atoms with Gasteiger partial charge in [-0.2, -0.15) is 0 Å². The van der Waals surface area contributed by atoms with E-state index in [9.17, 15) is 14.4 Å². The number of hydrogen-bond donors (Lipinski definition) is 1. The van der Waals surface area contributed by atoms with Crippen LogP contribution in [0.2, 0.25) is 0 Å².